The highest BCUT2D eigenvalue weighted by molar-refractivity contribution is 5.50. The molecule has 90 valence electrons. The van der Waals surface area contributed by atoms with Gasteiger partial charge in [-0.3, -0.25) is 4.98 Å². The third-order valence-corrected chi connectivity index (χ3v) is 2.17. The number of pyridine rings is 1. The summed E-state index contributed by atoms with van der Waals surface area (Å²) in [5, 5.41) is 0. The molecule has 0 radical (unpaired) electrons. The van der Waals surface area contributed by atoms with E-state index in [-0.39, 0.29) is 0 Å². The van der Waals surface area contributed by atoms with Crippen molar-refractivity contribution in [3.63, 3.8) is 0 Å². The topological polar surface area (TPSA) is 12.9 Å². The smallest absolute Gasteiger partial charge is 0.0273 e. The largest absolute Gasteiger partial charge is 0.265 e. The normalized spacial score (nSPS) is 9.33. The monoisotopic (exact) mass is 235 g/mol. The number of aromatic nitrogens is 1. The highest BCUT2D eigenvalue weighted by Crippen LogP contribution is 2.00. The van der Waals surface area contributed by atoms with E-state index in [0.717, 1.165) is 5.56 Å². The Morgan fingerprint density at radius 2 is 1.50 bits per heavy atom. The van der Waals surface area contributed by atoms with Gasteiger partial charge in [0.1, 0.15) is 0 Å². The van der Waals surface area contributed by atoms with Gasteiger partial charge in [0.15, 0.2) is 0 Å². The Balaban J connectivity index is 0.000000184. The zero-order valence-corrected chi connectivity index (χ0v) is 10.4. The first-order valence-electron chi connectivity index (χ1n) is 5.73. The Morgan fingerprint density at radius 1 is 0.833 bits per heavy atom. The second-order valence-electron chi connectivity index (χ2n) is 3.49. The quantitative estimate of drug-likeness (QED) is 0.708. The highest BCUT2D eigenvalue weighted by Gasteiger charge is 1.78. The van der Waals surface area contributed by atoms with Crippen molar-refractivity contribution in [1.82, 2.24) is 4.98 Å². The van der Waals surface area contributed by atoms with E-state index < -0.39 is 0 Å². The molecule has 0 aliphatic heterocycles. The van der Waals surface area contributed by atoms with Gasteiger partial charge in [-0.15, -0.1) is 0 Å². The van der Waals surface area contributed by atoms with Gasteiger partial charge in [-0.25, -0.2) is 0 Å². The first-order valence-corrected chi connectivity index (χ1v) is 5.73. The van der Waals surface area contributed by atoms with Gasteiger partial charge in [0.2, 0.25) is 0 Å². The zero-order chi connectivity index (χ0) is 13.1. The second-order valence-corrected chi connectivity index (χ2v) is 3.49. The van der Waals surface area contributed by atoms with Crippen molar-refractivity contribution in [3.05, 3.63) is 91.3 Å². The molecule has 1 aromatic heterocycles. The number of hydrogen-bond donors (Lipinski definition) is 0. The van der Waals surface area contributed by atoms with Crippen molar-refractivity contribution in [2.75, 3.05) is 0 Å². The summed E-state index contributed by atoms with van der Waals surface area (Å²) < 4.78 is 0. The molecule has 0 bridgehead atoms. The van der Waals surface area contributed by atoms with Crippen LogP contribution in [0.5, 0.6) is 0 Å². The lowest BCUT2D eigenvalue weighted by Gasteiger charge is -1.87. The van der Waals surface area contributed by atoms with Crippen molar-refractivity contribution < 1.29 is 0 Å². The van der Waals surface area contributed by atoms with Gasteiger partial charge < -0.3 is 0 Å². The molecule has 0 aliphatic rings. The molecule has 0 N–H and O–H groups in total. The molecule has 1 nitrogen and oxygen atoms in total. The fourth-order valence-corrected chi connectivity index (χ4v) is 1.24. The van der Waals surface area contributed by atoms with Gasteiger partial charge in [0.05, 0.1) is 0 Å². The van der Waals surface area contributed by atoms with Crippen LogP contribution in [0.2, 0.25) is 0 Å². The maximum atomic E-state index is 3.85. The van der Waals surface area contributed by atoms with Crippen LogP contribution in [0.4, 0.5) is 0 Å². The minimum absolute atomic E-state index is 1.11. The molecule has 0 saturated heterocycles. The number of rotatable bonds is 3. The van der Waals surface area contributed by atoms with Crippen LogP contribution in [-0.4, -0.2) is 4.98 Å². The third-order valence-electron chi connectivity index (χ3n) is 2.17. The molecule has 0 unspecified atom stereocenters. The molecule has 0 spiro atoms. The fraction of sp³-hybridized carbons (Fsp3) is 0. The van der Waals surface area contributed by atoms with Gasteiger partial charge in [-0.2, -0.15) is 0 Å². The van der Waals surface area contributed by atoms with E-state index >= 15 is 0 Å². The molecule has 2 aromatic rings. The predicted molar refractivity (Wildman–Crippen MR) is 80.0 cm³/mol. The van der Waals surface area contributed by atoms with Crippen molar-refractivity contribution in [2.24, 2.45) is 0 Å². The van der Waals surface area contributed by atoms with Gasteiger partial charge in [0, 0.05) is 12.4 Å². The molecule has 0 amide bonds. The summed E-state index contributed by atoms with van der Waals surface area (Å²) in [6.07, 6.45) is 11.0. The van der Waals surface area contributed by atoms with Crippen LogP contribution in [0, 0.1) is 0 Å². The van der Waals surface area contributed by atoms with Crippen molar-refractivity contribution >= 4 is 12.2 Å². The maximum absolute atomic E-state index is 3.85. The van der Waals surface area contributed by atoms with E-state index in [9.17, 15) is 0 Å². The van der Waals surface area contributed by atoms with Crippen LogP contribution in [-0.2, 0) is 0 Å². The lowest BCUT2D eigenvalue weighted by Crippen LogP contribution is -1.69. The number of nitrogens with zero attached hydrogens (tertiary/aromatic N) is 1. The number of allylic oxidation sites excluding steroid dienone is 2. The molecule has 2 rings (SSSR count). The van der Waals surface area contributed by atoms with Crippen LogP contribution >= 0.6 is 0 Å². The van der Waals surface area contributed by atoms with Crippen molar-refractivity contribution in [3.8, 4) is 0 Å². The third kappa shape index (κ3) is 5.61. The summed E-state index contributed by atoms with van der Waals surface area (Å²) in [5.74, 6) is 0. The zero-order valence-electron chi connectivity index (χ0n) is 10.4. The van der Waals surface area contributed by atoms with Crippen molar-refractivity contribution in [1.29, 1.82) is 0 Å². The standard InChI is InChI=1S/C10H10.C7H7N/c1-2-3-7-10-8-5-4-6-9-10;1-2-7-3-5-8-6-4-7/h2-9H,1H2;2-6H,1H2. The highest BCUT2D eigenvalue weighted by atomic mass is 14.6. The van der Waals surface area contributed by atoms with Gasteiger partial charge in [-0.1, -0.05) is 67.8 Å². The molecule has 1 aromatic carbocycles. The molecule has 0 aliphatic carbocycles. The molecule has 1 heterocycles. The summed E-state index contributed by atoms with van der Waals surface area (Å²) in [4.78, 5) is 3.85. The number of hydrogen-bond acceptors (Lipinski definition) is 1. The number of benzene rings is 1. The lowest BCUT2D eigenvalue weighted by atomic mass is 10.2. The van der Waals surface area contributed by atoms with E-state index in [1.54, 1.807) is 24.5 Å². The van der Waals surface area contributed by atoms with E-state index in [4.69, 9.17) is 0 Å². The van der Waals surface area contributed by atoms with Crippen molar-refractivity contribution in [2.45, 2.75) is 0 Å². The summed E-state index contributed by atoms with van der Waals surface area (Å²) in [7, 11) is 0. The Bertz CT molecular complexity index is 484. The molecule has 1 heteroatoms. The van der Waals surface area contributed by atoms with E-state index in [2.05, 4.69) is 30.3 Å². The van der Waals surface area contributed by atoms with Crippen LogP contribution < -0.4 is 0 Å². The Labute approximate surface area is 109 Å². The molecular weight excluding hydrogens is 218 g/mol. The molecular formula is C17H17N. The fourth-order valence-electron chi connectivity index (χ4n) is 1.24. The van der Waals surface area contributed by atoms with E-state index in [0.29, 0.717) is 0 Å². The SMILES string of the molecule is C=CC=Cc1ccccc1.C=Cc1ccncc1. The maximum Gasteiger partial charge on any atom is 0.0273 e. The van der Waals surface area contributed by atoms with Gasteiger partial charge in [-0.05, 0) is 23.3 Å². The minimum atomic E-state index is 1.11. The molecule has 0 saturated carbocycles. The summed E-state index contributed by atoms with van der Waals surface area (Å²) >= 11 is 0. The predicted octanol–water partition coefficient (Wildman–Crippen LogP) is 4.61. The molecule has 0 fully saturated rings. The van der Waals surface area contributed by atoms with Gasteiger partial charge in [0.25, 0.3) is 0 Å². The van der Waals surface area contributed by atoms with Crippen LogP contribution in [0.15, 0.2) is 80.2 Å². The Hall–Kier alpha value is -2.41. The summed E-state index contributed by atoms with van der Waals surface area (Å²) in [6, 6.07) is 14.0. The van der Waals surface area contributed by atoms with Crippen LogP contribution in [0.3, 0.4) is 0 Å². The summed E-state index contributed by atoms with van der Waals surface area (Å²) in [5.41, 5.74) is 2.32. The second kappa shape index (κ2) is 8.71. The first-order chi connectivity index (χ1) is 8.86. The summed E-state index contributed by atoms with van der Waals surface area (Å²) in [6.45, 7) is 7.19. The Morgan fingerprint density at radius 3 is 2.00 bits per heavy atom. The van der Waals surface area contributed by atoms with Crippen LogP contribution in [0.25, 0.3) is 12.2 Å². The minimum Gasteiger partial charge on any atom is -0.265 e. The average molecular weight is 235 g/mol. The average Bonchev–Trinajstić information content (AvgIpc) is 2.48. The van der Waals surface area contributed by atoms with Crippen LogP contribution in [0.1, 0.15) is 11.1 Å². The molecule has 0 atom stereocenters. The van der Waals surface area contributed by atoms with Gasteiger partial charge >= 0.3 is 0 Å². The Kier molecular flexibility index (Phi) is 6.61. The van der Waals surface area contributed by atoms with E-state index in [1.807, 2.05) is 42.5 Å². The molecule has 18 heavy (non-hydrogen) atoms. The lowest BCUT2D eigenvalue weighted by molar-refractivity contribution is 1.32. The van der Waals surface area contributed by atoms with E-state index in [1.165, 1.54) is 5.56 Å². The first kappa shape index (κ1) is 13.7.